The molecule has 1 amide bonds. The van der Waals surface area contributed by atoms with Crippen LogP contribution in [0.4, 0.5) is 5.69 Å². The van der Waals surface area contributed by atoms with Gasteiger partial charge < -0.3 is 14.8 Å². The Balaban J connectivity index is 1.53. The van der Waals surface area contributed by atoms with E-state index in [9.17, 15) is 4.79 Å². The number of carbonyl (C=O) groups excluding carboxylic acids is 1. The summed E-state index contributed by atoms with van der Waals surface area (Å²) in [5.41, 5.74) is 2.63. The number of aliphatic imine (C=N–C) groups is 1. The third-order valence-electron chi connectivity index (χ3n) is 4.48. The van der Waals surface area contributed by atoms with E-state index in [0.717, 1.165) is 25.8 Å². The molecule has 32 heavy (non-hydrogen) atoms. The first-order chi connectivity index (χ1) is 15.5. The van der Waals surface area contributed by atoms with Gasteiger partial charge in [-0.15, -0.1) is 0 Å². The van der Waals surface area contributed by atoms with Gasteiger partial charge in [-0.05, 0) is 81.3 Å². The van der Waals surface area contributed by atoms with E-state index in [-0.39, 0.29) is 5.91 Å². The highest BCUT2D eigenvalue weighted by molar-refractivity contribution is 9.10. The van der Waals surface area contributed by atoms with E-state index < -0.39 is 0 Å². The molecule has 1 N–H and O–H groups in total. The second-order valence-electron chi connectivity index (χ2n) is 6.77. The molecule has 3 aromatic rings. The van der Waals surface area contributed by atoms with Gasteiger partial charge in [-0.25, -0.2) is 4.99 Å². The molecule has 0 aromatic heterocycles. The third-order valence-corrected chi connectivity index (χ3v) is 6.51. The van der Waals surface area contributed by atoms with Gasteiger partial charge in [0.05, 0.1) is 22.2 Å². The molecule has 0 spiro atoms. The van der Waals surface area contributed by atoms with E-state index in [1.807, 2.05) is 66.7 Å². The highest BCUT2D eigenvalue weighted by Gasteiger charge is 2.24. The van der Waals surface area contributed by atoms with Crippen LogP contribution < -0.4 is 14.8 Å². The van der Waals surface area contributed by atoms with E-state index in [4.69, 9.17) is 9.47 Å². The van der Waals surface area contributed by atoms with Crippen molar-refractivity contribution in [3.63, 3.8) is 0 Å². The Morgan fingerprint density at radius 1 is 1.06 bits per heavy atom. The zero-order valence-corrected chi connectivity index (χ0v) is 21.0. The Morgan fingerprint density at radius 3 is 2.53 bits per heavy atom. The van der Waals surface area contributed by atoms with Crippen LogP contribution in [-0.2, 0) is 11.4 Å². The van der Waals surface area contributed by atoms with Crippen LogP contribution in [0.2, 0.25) is 0 Å². The summed E-state index contributed by atoms with van der Waals surface area (Å²) in [6, 6.07) is 21.2. The molecular weight excluding hydrogens is 556 g/mol. The minimum atomic E-state index is -0.189. The number of hydrogen-bond acceptors (Lipinski definition) is 5. The normalized spacial score (nSPS) is 15.8. The fourth-order valence-corrected chi connectivity index (χ4v) is 4.64. The number of halogens is 2. The first-order valence-corrected chi connectivity index (χ1v) is 12.0. The molecule has 1 fully saturated rings. The first kappa shape index (κ1) is 22.6. The minimum absolute atomic E-state index is 0.189. The summed E-state index contributed by atoms with van der Waals surface area (Å²) in [5, 5.41) is 3.35. The fraction of sp³-hybridized carbons (Fsp3) is 0.0833. The molecule has 162 valence electrons. The third kappa shape index (κ3) is 5.62. The van der Waals surface area contributed by atoms with Crippen LogP contribution in [0.3, 0.4) is 0 Å². The number of nitrogens with zero attached hydrogens (tertiary/aromatic N) is 1. The molecule has 8 heteroatoms. The number of methoxy groups -OCH3 is 1. The Kier molecular flexibility index (Phi) is 7.34. The van der Waals surface area contributed by atoms with Crippen molar-refractivity contribution in [2.24, 2.45) is 4.99 Å². The summed E-state index contributed by atoms with van der Waals surface area (Å²) in [7, 11) is 1.59. The maximum absolute atomic E-state index is 12.4. The highest BCUT2D eigenvalue weighted by atomic mass is 79.9. The number of rotatable bonds is 6. The van der Waals surface area contributed by atoms with E-state index in [1.54, 1.807) is 13.2 Å². The largest absolute Gasteiger partial charge is 0.493 e. The molecule has 5 nitrogen and oxygen atoms in total. The van der Waals surface area contributed by atoms with Crippen molar-refractivity contribution in [1.29, 1.82) is 0 Å². The lowest BCUT2D eigenvalue weighted by Crippen LogP contribution is -2.19. The van der Waals surface area contributed by atoms with Crippen molar-refractivity contribution in [2.45, 2.75) is 6.61 Å². The zero-order chi connectivity index (χ0) is 22.5. The number of hydrogen-bond donors (Lipinski definition) is 1. The Morgan fingerprint density at radius 2 is 1.81 bits per heavy atom. The lowest BCUT2D eigenvalue weighted by Gasteiger charge is -2.13. The first-order valence-electron chi connectivity index (χ1n) is 9.61. The van der Waals surface area contributed by atoms with Crippen molar-refractivity contribution in [2.75, 3.05) is 7.11 Å². The highest BCUT2D eigenvalue weighted by Crippen LogP contribution is 2.38. The van der Waals surface area contributed by atoms with Crippen molar-refractivity contribution >= 4 is 66.5 Å². The number of carbonyl (C=O) groups is 1. The maximum atomic E-state index is 12.4. The molecule has 0 bridgehead atoms. The van der Waals surface area contributed by atoms with Crippen LogP contribution >= 0.6 is 43.6 Å². The molecule has 3 aromatic carbocycles. The van der Waals surface area contributed by atoms with E-state index in [1.165, 1.54) is 11.8 Å². The topological polar surface area (TPSA) is 59.9 Å². The molecule has 1 aliphatic rings. The average Bonchev–Trinajstić information content (AvgIpc) is 3.13. The van der Waals surface area contributed by atoms with Crippen LogP contribution in [-0.4, -0.2) is 18.2 Å². The standard InChI is InChI=1S/C24H18Br2N2O3S/c1-30-20-12-16(11-19(26)22(20)31-14-15-5-3-2-4-6-15)13-21-23(29)28-24(32-21)27-18-9-7-17(25)8-10-18/h2-13H,14H2,1H3,(H,27,28,29)/b21-13+. The molecule has 1 heterocycles. The monoisotopic (exact) mass is 572 g/mol. The van der Waals surface area contributed by atoms with E-state index in [0.29, 0.717) is 28.2 Å². The number of amides is 1. The van der Waals surface area contributed by atoms with Gasteiger partial charge in [0, 0.05) is 4.47 Å². The molecule has 1 aliphatic heterocycles. The Bertz CT molecular complexity index is 1200. The SMILES string of the molecule is COc1cc(/C=C2/SC(=Nc3ccc(Br)cc3)NC2=O)cc(Br)c1OCc1ccccc1. The van der Waals surface area contributed by atoms with Crippen molar-refractivity contribution in [1.82, 2.24) is 5.32 Å². The average molecular weight is 574 g/mol. The number of amidine groups is 1. The van der Waals surface area contributed by atoms with Gasteiger partial charge in [-0.2, -0.15) is 0 Å². The van der Waals surface area contributed by atoms with Crippen LogP contribution in [0.25, 0.3) is 6.08 Å². The van der Waals surface area contributed by atoms with Crippen LogP contribution in [0.5, 0.6) is 11.5 Å². The van der Waals surface area contributed by atoms with Gasteiger partial charge in [0.2, 0.25) is 0 Å². The summed E-state index contributed by atoms with van der Waals surface area (Å²) in [6.07, 6.45) is 1.80. The van der Waals surface area contributed by atoms with Gasteiger partial charge in [-0.3, -0.25) is 4.79 Å². The van der Waals surface area contributed by atoms with Crippen LogP contribution in [0, 0.1) is 0 Å². The Hall–Kier alpha value is -2.55. The predicted octanol–water partition coefficient (Wildman–Crippen LogP) is 6.69. The maximum Gasteiger partial charge on any atom is 0.264 e. The fourth-order valence-electron chi connectivity index (χ4n) is 2.96. The summed E-state index contributed by atoms with van der Waals surface area (Å²) in [5.74, 6) is 0.999. The molecule has 0 unspecified atom stereocenters. The van der Waals surface area contributed by atoms with Crippen LogP contribution in [0.1, 0.15) is 11.1 Å². The zero-order valence-electron chi connectivity index (χ0n) is 17.0. The second kappa shape index (κ2) is 10.4. The number of thioether (sulfide) groups is 1. The summed E-state index contributed by atoms with van der Waals surface area (Å²) in [6.45, 7) is 0.421. The van der Waals surface area contributed by atoms with Gasteiger partial charge in [0.25, 0.3) is 5.91 Å². The molecule has 0 atom stereocenters. The summed E-state index contributed by atoms with van der Waals surface area (Å²) in [4.78, 5) is 17.5. The van der Waals surface area contributed by atoms with Crippen molar-refractivity contribution in [3.05, 3.63) is 91.7 Å². The minimum Gasteiger partial charge on any atom is -0.493 e. The lowest BCUT2D eigenvalue weighted by molar-refractivity contribution is -0.115. The molecule has 4 rings (SSSR count). The predicted molar refractivity (Wildman–Crippen MR) is 136 cm³/mol. The summed E-state index contributed by atoms with van der Waals surface area (Å²) < 4.78 is 13.2. The molecule has 0 radical (unpaired) electrons. The van der Waals surface area contributed by atoms with Crippen molar-refractivity contribution in [3.8, 4) is 11.5 Å². The number of nitrogens with one attached hydrogen (secondary N) is 1. The smallest absolute Gasteiger partial charge is 0.264 e. The van der Waals surface area contributed by atoms with E-state index in [2.05, 4.69) is 42.2 Å². The molecule has 0 saturated carbocycles. The molecular formula is C24H18Br2N2O3S. The van der Waals surface area contributed by atoms with Crippen molar-refractivity contribution < 1.29 is 14.3 Å². The van der Waals surface area contributed by atoms with Gasteiger partial charge in [0.1, 0.15) is 6.61 Å². The number of benzene rings is 3. The van der Waals surface area contributed by atoms with Gasteiger partial charge >= 0.3 is 0 Å². The lowest BCUT2D eigenvalue weighted by atomic mass is 10.2. The van der Waals surface area contributed by atoms with Gasteiger partial charge in [-0.1, -0.05) is 46.3 Å². The molecule has 1 saturated heterocycles. The Labute approximate surface area is 207 Å². The van der Waals surface area contributed by atoms with Gasteiger partial charge in [0.15, 0.2) is 16.7 Å². The molecule has 0 aliphatic carbocycles. The second-order valence-corrected chi connectivity index (χ2v) is 9.57. The quantitative estimate of drug-likeness (QED) is 0.334. The number of ether oxygens (including phenoxy) is 2. The van der Waals surface area contributed by atoms with Crippen LogP contribution in [0.15, 0.2) is 85.6 Å². The summed E-state index contributed by atoms with van der Waals surface area (Å²) >= 11 is 8.27. The van der Waals surface area contributed by atoms with E-state index >= 15 is 0 Å².